The third kappa shape index (κ3) is 6.05. The van der Waals surface area contributed by atoms with Crippen LogP contribution in [-0.2, 0) is 4.74 Å². The molecule has 4 rings (SSSR count). The fraction of sp³-hybridized carbons (Fsp3) is 0.391. The van der Waals surface area contributed by atoms with Gasteiger partial charge in [0.1, 0.15) is 0 Å². The predicted octanol–water partition coefficient (Wildman–Crippen LogP) is 3.43. The molecule has 0 aromatic heterocycles. The molecule has 0 aliphatic carbocycles. The van der Waals surface area contributed by atoms with Crippen LogP contribution in [0.1, 0.15) is 48.1 Å². The fourth-order valence-electron chi connectivity index (χ4n) is 3.88. The Labute approximate surface area is 195 Å². The Morgan fingerprint density at radius 2 is 2.00 bits per heavy atom. The molecule has 33 heavy (non-hydrogen) atoms. The van der Waals surface area contributed by atoms with E-state index in [9.17, 15) is 13.6 Å². The summed E-state index contributed by atoms with van der Waals surface area (Å²) in [7, 11) is 0. The van der Waals surface area contributed by atoms with Crippen molar-refractivity contribution in [1.29, 1.82) is 0 Å². The van der Waals surface area contributed by atoms with Gasteiger partial charge in [-0.25, -0.2) is 24.6 Å². The van der Waals surface area contributed by atoms with Crippen molar-refractivity contribution < 1.29 is 18.3 Å². The second-order valence-electron chi connectivity index (χ2n) is 8.48. The topological polar surface area (TPSA) is 86.8 Å². The standard InChI is InChI=1S/C23H26ClF2N5O2/c1-23(9-2-10-33-23)13-27-22(29-21(32)15-5-8-17(25)18(26)11-15)28-20-12-19(30-31-20)14-3-6-16(24)7-4-14/h3-8,11,19-20,30-31H,2,9-10,12-13H2,1H3,(H2,27,28,29,32). The SMILES string of the molecule is CC1(CN=C(NC(=O)c2ccc(F)c(F)c2)NC2CC(c3ccc(Cl)cc3)NN2)CCCO1. The number of hydrazine groups is 1. The van der Waals surface area contributed by atoms with Crippen molar-refractivity contribution in [3.05, 3.63) is 70.2 Å². The maximum atomic E-state index is 13.6. The van der Waals surface area contributed by atoms with E-state index in [4.69, 9.17) is 16.3 Å². The zero-order chi connectivity index (χ0) is 23.4. The molecular formula is C23H26ClF2N5O2. The van der Waals surface area contributed by atoms with Crippen LogP contribution in [0, 0.1) is 11.6 Å². The van der Waals surface area contributed by atoms with Crippen LogP contribution in [0.15, 0.2) is 47.5 Å². The number of carbonyl (C=O) groups is 1. The van der Waals surface area contributed by atoms with Gasteiger partial charge in [-0.1, -0.05) is 23.7 Å². The molecule has 2 heterocycles. The number of carbonyl (C=O) groups excluding carboxylic acids is 1. The molecule has 7 nitrogen and oxygen atoms in total. The zero-order valence-electron chi connectivity index (χ0n) is 18.1. The Bertz CT molecular complexity index is 1030. The molecule has 0 saturated carbocycles. The summed E-state index contributed by atoms with van der Waals surface area (Å²) in [5.74, 6) is -2.48. The first-order valence-corrected chi connectivity index (χ1v) is 11.2. The lowest BCUT2D eigenvalue weighted by molar-refractivity contribution is 0.0283. The predicted molar refractivity (Wildman–Crippen MR) is 122 cm³/mol. The third-order valence-electron chi connectivity index (χ3n) is 5.77. The number of guanidine groups is 1. The lowest BCUT2D eigenvalue weighted by atomic mass is 10.0. The van der Waals surface area contributed by atoms with Gasteiger partial charge in [0, 0.05) is 29.7 Å². The van der Waals surface area contributed by atoms with Crippen LogP contribution < -0.4 is 21.5 Å². The van der Waals surface area contributed by atoms with Crippen LogP contribution in [0.2, 0.25) is 5.02 Å². The van der Waals surface area contributed by atoms with Crippen LogP contribution >= 0.6 is 11.6 Å². The first-order valence-electron chi connectivity index (χ1n) is 10.8. The number of rotatable bonds is 5. The molecule has 0 radical (unpaired) electrons. The molecule has 2 fully saturated rings. The highest BCUT2D eigenvalue weighted by molar-refractivity contribution is 6.30. The smallest absolute Gasteiger partial charge is 0.258 e. The number of aliphatic imine (C=N–C) groups is 1. The van der Waals surface area contributed by atoms with Crippen molar-refractivity contribution in [3.63, 3.8) is 0 Å². The molecular weight excluding hydrogens is 452 g/mol. The highest BCUT2D eigenvalue weighted by Crippen LogP contribution is 2.25. The summed E-state index contributed by atoms with van der Waals surface area (Å²) in [6.07, 6.45) is 2.23. The summed E-state index contributed by atoms with van der Waals surface area (Å²) < 4.78 is 32.6. The number of ether oxygens (including phenoxy) is 1. The minimum atomic E-state index is -1.09. The van der Waals surface area contributed by atoms with Crippen molar-refractivity contribution in [1.82, 2.24) is 21.5 Å². The molecule has 0 spiro atoms. The van der Waals surface area contributed by atoms with E-state index < -0.39 is 23.1 Å². The van der Waals surface area contributed by atoms with E-state index in [1.165, 1.54) is 6.07 Å². The van der Waals surface area contributed by atoms with Crippen molar-refractivity contribution >= 4 is 23.5 Å². The summed E-state index contributed by atoms with van der Waals surface area (Å²) in [4.78, 5) is 17.2. The summed E-state index contributed by atoms with van der Waals surface area (Å²) in [6.45, 7) is 2.99. The highest BCUT2D eigenvalue weighted by atomic mass is 35.5. The third-order valence-corrected chi connectivity index (χ3v) is 6.02. The highest BCUT2D eigenvalue weighted by Gasteiger charge is 2.30. The first-order chi connectivity index (χ1) is 15.8. The van der Waals surface area contributed by atoms with Crippen molar-refractivity contribution in [3.8, 4) is 0 Å². The number of nitrogens with one attached hydrogen (secondary N) is 4. The Morgan fingerprint density at radius 3 is 2.70 bits per heavy atom. The van der Waals surface area contributed by atoms with Gasteiger partial charge in [0.15, 0.2) is 17.6 Å². The molecule has 3 atom stereocenters. The average molecular weight is 478 g/mol. The van der Waals surface area contributed by atoms with Crippen LogP contribution in [0.4, 0.5) is 8.78 Å². The Kier molecular flexibility index (Phi) is 7.23. The monoisotopic (exact) mass is 477 g/mol. The molecule has 0 bridgehead atoms. The van der Waals surface area contributed by atoms with E-state index in [2.05, 4.69) is 26.5 Å². The maximum Gasteiger partial charge on any atom is 0.258 e. The molecule has 176 valence electrons. The Hall–Kier alpha value is -2.59. The quantitative estimate of drug-likeness (QED) is 0.391. The molecule has 3 unspecified atom stereocenters. The van der Waals surface area contributed by atoms with E-state index in [0.29, 0.717) is 24.6 Å². The molecule has 4 N–H and O–H groups in total. The summed E-state index contributed by atoms with van der Waals surface area (Å²) in [6, 6.07) is 10.6. The van der Waals surface area contributed by atoms with Gasteiger partial charge in [0.05, 0.1) is 18.3 Å². The van der Waals surface area contributed by atoms with Crippen LogP contribution in [0.3, 0.4) is 0 Å². The largest absolute Gasteiger partial charge is 0.373 e. The maximum absolute atomic E-state index is 13.6. The van der Waals surface area contributed by atoms with E-state index in [1.807, 2.05) is 31.2 Å². The normalized spacial score (nSPS) is 25.3. The first kappa shape index (κ1) is 23.6. The van der Waals surface area contributed by atoms with E-state index in [0.717, 1.165) is 30.5 Å². The van der Waals surface area contributed by atoms with Gasteiger partial charge >= 0.3 is 0 Å². The van der Waals surface area contributed by atoms with Gasteiger partial charge in [-0.3, -0.25) is 10.1 Å². The molecule has 10 heteroatoms. The minimum Gasteiger partial charge on any atom is -0.373 e. The van der Waals surface area contributed by atoms with Crippen molar-refractivity contribution in [2.75, 3.05) is 13.2 Å². The number of benzene rings is 2. The Morgan fingerprint density at radius 1 is 1.21 bits per heavy atom. The number of hydrogen-bond donors (Lipinski definition) is 4. The fourth-order valence-corrected chi connectivity index (χ4v) is 4.00. The van der Waals surface area contributed by atoms with Gasteiger partial charge in [-0.2, -0.15) is 0 Å². The van der Waals surface area contributed by atoms with Crippen molar-refractivity contribution in [2.24, 2.45) is 4.99 Å². The zero-order valence-corrected chi connectivity index (χ0v) is 18.9. The van der Waals surface area contributed by atoms with Gasteiger partial charge in [0.2, 0.25) is 0 Å². The average Bonchev–Trinajstić information content (AvgIpc) is 3.44. The molecule has 2 aromatic rings. The van der Waals surface area contributed by atoms with Crippen molar-refractivity contribution in [2.45, 2.75) is 44.0 Å². The molecule has 1 amide bonds. The molecule has 2 aliphatic heterocycles. The van der Waals surface area contributed by atoms with E-state index in [1.54, 1.807) is 0 Å². The van der Waals surface area contributed by atoms with Crippen LogP contribution in [-0.4, -0.2) is 36.8 Å². The minimum absolute atomic E-state index is 0.0109. The van der Waals surface area contributed by atoms with Gasteiger partial charge in [0.25, 0.3) is 5.91 Å². The summed E-state index contributed by atoms with van der Waals surface area (Å²) in [5, 5.41) is 6.53. The van der Waals surface area contributed by atoms with Gasteiger partial charge in [-0.05, 0) is 55.7 Å². The lowest BCUT2D eigenvalue weighted by Crippen LogP contribution is -2.51. The van der Waals surface area contributed by atoms with Crippen LogP contribution in [0.25, 0.3) is 0 Å². The van der Waals surface area contributed by atoms with Crippen LogP contribution in [0.5, 0.6) is 0 Å². The number of halogens is 3. The Balaban J connectivity index is 1.46. The number of hydrogen-bond acceptors (Lipinski definition) is 5. The van der Waals surface area contributed by atoms with E-state index in [-0.39, 0.29) is 23.7 Å². The number of amides is 1. The second-order valence-corrected chi connectivity index (χ2v) is 8.91. The second kappa shape index (κ2) is 10.1. The summed E-state index contributed by atoms with van der Waals surface area (Å²) in [5.41, 5.74) is 7.00. The lowest BCUT2D eigenvalue weighted by Gasteiger charge is -2.22. The summed E-state index contributed by atoms with van der Waals surface area (Å²) >= 11 is 5.97. The molecule has 2 saturated heterocycles. The number of nitrogens with zero attached hydrogens (tertiary/aromatic N) is 1. The molecule has 2 aliphatic rings. The molecule has 2 aromatic carbocycles. The van der Waals surface area contributed by atoms with E-state index >= 15 is 0 Å². The van der Waals surface area contributed by atoms with Gasteiger partial charge < -0.3 is 10.1 Å². The van der Waals surface area contributed by atoms with Gasteiger partial charge in [-0.15, -0.1) is 0 Å².